The summed E-state index contributed by atoms with van der Waals surface area (Å²) < 4.78 is 1.73. The SMILES string of the molecule is Cc1ncccc1-c1cn2nc3c4ncc(NC(=O)CN5CC(C)(C)C5)cc4[nH]c(=O)c3c2s1. The predicted molar refractivity (Wildman–Crippen MR) is 133 cm³/mol. The second-order valence-electron chi connectivity index (χ2n) is 9.64. The van der Waals surface area contributed by atoms with Crippen LogP contribution in [0.4, 0.5) is 5.69 Å². The molecule has 6 rings (SSSR count). The Hall–Kier alpha value is -3.63. The van der Waals surface area contributed by atoms with Crippen molar-refractivity contribution >= 4 is 49.7 Å². The maximum absolute atomic E-state index is 13.0. The Bertz CT molecular complexity index is 1660. The standard InChI is InChI=1S/C24H23N7O2S/c1-13-15(5-4-6-25-13)17-9-31-23(34-17)19-21(29-31)20-16(28-22(19)33)7-14(8-26-20)27-18(32)10-30-11-24(2,3)12-30/h4-9H,10-12H2,1-3H3,(H,27,32)(H,28,33). The van der Waals surface area contributed by atoms with Gasteiger partial charge in [-0.1, -0.05) is 19.9 Å². The van der Waals surface area contributed by atoms with Gasteiger partial charge in [-0.3, -0.25) is 24.5 Å². The van der Waals surface area contributed by atoms with Gasteiger partial charge in [0.25, 0.3) is 5.56 Å². The molecule has 9 nitrogen and oxygen atoms in total. The highest BCUT2D eigenvalue weighted by Crippen LogP contribution is 2.34. The number of hydrogen-bond acceptors (Lipinski definition) is 7. The van der Waals surface area contributed by atoms with Crippen LogP contribution in [0.1, 0.15) is 19.5 Å². The van der Waals surface area contributed by atoms with Gasteiger partial charge in [0.15, 0.2) is 0 Å². The number of fused-ring (bicyclic) bond motifs is 5. The minimum atomic E-state index is -0.234. The highest BCUT2D eigenvalue weighted by Gasteiger charge is 2.34. The molecule has 0 aromatic carbocycles. The third kappa shape index (κ3) is 3.46. The van der Waals surface area contributed by atoms with Gasteiger partial charge in [-0.15, -0.1) is 11.3 Å². The van der Waals surface area contributed by atoms with Crippen LogP contribution in [-0.4, -0.2) is 55.0 Å². The Balaban J connectivity index is 1.34. The first kappa shape index (κ1) is 20.9. The van der Waals surface area contributed by atoms with Crippen molar-refractivity contribution in [2.75, 3.05) is 25.0 Å². The summed E-state index contributed by atoms with van der Waals surface area (Å²) in [6.45, 7) is 8.48. The Labute approximate surface area is 198 Å². The van der Waals surface area contributed by atoms with Gasteiger partial charge in [0.1, 0.15) is 21.3 Å². The average Bonchev–Trinajstić information content (AvgIpc) is 3.31. The molecule has 34 heavy (non-hydrogen) atoms. The molecule has 6 heterocycles. The fourth-order valence-corrected chi connectivity index (χ4v) is 5.93. The molecule has 0 aliphatic carbocycles. The van der Waals surface area contributed by atoms with Crippen molar-refractivity contribution in [2.24, 2.45) is 5.41 Å². The fourth-order valence-electron chi connectivity index (χ4n) is 4.77. The number of rotatable bonds is 4. The lowest BCUT2D eigenvalue weighted by Gasteiger charge is -2.45. The van der Waals surface area contributed by atoms with Crippen LogP contribution in [0.15, 0.2) is 41.6 Å². The van der Waals surface area contributed by atoms with Gasteiger partial charge < -0.3 is 10.3 Å². The van der Waals surface area contributed by atoms with Crippen molar-refractivity contribution in [3.8, 4) is 10.4 Å². The second kappa shape index (κ2) is 7.44. The maximum atomic E-state index is 13.0. The summed E-state index contributed by atoms with van der Waals surface area (Å²) in [6, 6.07) is 5.64. The zero-order chi connectivity index (χ0) is 23.6. The first-order valence-electron chi connectivity index (χ1n) is 11.1. The van der Waals surface area contributed by atoms with Gasteiger partial charge in [-0.05, 0) is 24.5 Å². The molecule has 1 amide bonds. The van der Waals surface area contributed by atoms with Crippen LogP contribution in [0.2, 0.25) is 0 Å². The van der Waals surface area contributed by atoms with E-state index < -0.39 is 0 Å². The Kier molecular flexibility index (Phi) is 4.58. The molecule has 5 aromatic rings. The number of likely N-dealkylation sites (tertiary alicyclic amines) is 1. The van der Waals surface area contributed by atoms with Gasteiger partial charge in [-0.2, -0.15) is 5.10 Å². The van der Waals surface area contributed by atoms with E-state index in [1.807, 2.05) is 25.3 Å². The molecule has 0 spiro atoms. The lowest BCUT2D eigenvalue weighted by Crippen LogP contribution is -2.54. The van der Waals surface area contributed by atoms with Gasteiger partial charge in [0, 0.05) is 36.7 Å². The number of aromatic amines is 1. The number of nitrogens with zero attached hydrogens (tertiary/aromatic N) is 5. The van der Waals surface area contributed by atoms with E-state index in [1.54, 1.807) is 23.0 Å². The van der Waals surface area contributed by atoms with E-state index in [0.717, 1.165) is 34.1 Å². The largest absolute Gasteiger partial charge is 0.324 e. The zero-order valence-electron chi connectivity index (χ0n) is 19.0. The minimum Gasteiger partial charge on any atom is -0.324 e. The fraction of sp³-hybridized carbons (Fsp3) is 0.292. The zero-order valence-corrected chi connectivity index (χ0v) is 19.9. The Morgan fingerprint density at radius 2 is 2.09 bits per heavy atom. The van der Waals surface area contributed by atoms with E-state index in [2.05, 4.69) is 44.1 Å². The minimum absolute atomic E-state index is 0.0965. The highest BCUT2D eigenvalue weighted by molar-refractivity contribution is 7.21. The van der Waals surface area contributed by atoms with Crippen LogP contribution in [-0.2, 0) is 4.79 Å². The molecule has 1 fully saturated rings. The molecule has 5 aromatic heterocycles. The number of nitrogens with one attached hydrogen (secondary N) is 2. The number of hydrogen-bond donors (Lipinski definition) is 2. The van der Waals surface area contributed by atoms with Gasteiger partial charge in [-0.25, -0.2) is 4.52 Å². The third-order valence-corrected chi connectivity index (χ3v) is 7.26. The molecule has 1 saturated heterocycles. The molecular weight excluding hydrogens is 450 g/mol. The smallest absolute Gasteiger partial charge is 0.261 e. The topological polar surface area (TPSA) is 108 Å². The van der Waals surface area contributed by atoms with E-state index in [1.165, 1.54) is 11.3 Å². The first-order chi connectivity index (χ1) is 16.3. The van der Waals surface area contributed by atoms with Crippen LogP contribution < -0.4 is 10.9 Å². The molecule has 0 bridgehead atoms. The number of carbonyl (C=O) groups is 1. The summed E-state index contributed by atoms with van der Waals surface area (Å²) in [7, 11) is 0. The monoisotopic (exact) mass is 473 g/mol. The average molecular weight is 474 g/mol. The summed E-state index contributed by atoms with van der Waals surface area (Å²) in [5.74, 6) is -0.0965. The van der Waals surface area contributed by atoms with E-state index in [4.69, 9.17) is 0 Å². The first-order valence-corrected chi connectivity index (χ1v) is 11.9. The van der Waals surface area contributed by atoms with Crippen LogP contribution in [0.5, 0.6) is 0 Å². The van der Waals surface area contributed by atoms with Gasteiger partial charge >= 0.3 is 0 Å². The number of thiazole rings is 1. The van der Waals surface area contributed by atoms with Crippen molar-refractivity contribution in [1.29, 1.82) is 0 Å². The summed E-state index contributed by atoms with van der Waals surface area (Å²) in [5.41, 5.74) is 4.19. The number of aryl methyl sites for hydroxylation is 1. The molecule has 1 aliphatic heterocycles. The Morgan fingerprint density at radius 1 is 1.26 bits per heavy atom. The lowest BCUT2D eigenvalue weighted by atomic mass is 9.84. The Morgan fingerprint density at radius 3 is 2.85 bits per heavy atom. The number of aromatic nitrogens is 5. The summed E-state index contributed by atoms with van der Waals surface area (Å²) >= 11 is 1.50. The number of amides is 1. The highest BCUT2D eigenvalue weighted by atomic mass is 32.1. The molecule has 172 valence electrons. The molecule has 0 unspecified atom stereocenters. The number of carbonyl (C=O) groups excluding carboxylic acids is 1. The van der Waals surface area contributed by atoms with E-state index in [0.29, 0.717) is 34.2 Å². The van der Waals surface area contributed by atoms with E-state index in [-0.39, 0.29) is 16.9 Å². The molecule has 10 heteroatoms. The quantitative estimate of drug-likeness (QED) is 0.414. The number of anilines is 1. The van der Waals surface area contributed by atoms with Crippen molar-refractivity contribution < 1.29 is 4.79 Å². The van der Waals surface area contributed by atoms with E-state index >= 15 is 0 Å². The summed E-state index contributed by atoms with van der Waals surface area (Å²) in [4.78, 5) is 41.1. The van der Waals surface area contributed by atoms with Crippen LogP contribution >= 0.6 is 11.3 Å². The molecule has 2 N–H and O–H groups in total. The van der Waals surface area contributed by atoms with Crippen molar-refractivity contribution in [2.45, 2.75) is 20.8 Å². The van der Waals surface area contributed by atoms with Crippen molar-refractivity contribution in [3.63, 3.8) is 0 Å². The molecule has 0 atom stereocenters. The third-order valence-electron chi connectivity index (χ3n) is 6.13. The normalized spacial score (nSPS) is 15.7. The number of pyridine rings is 3. The van der Waals surface area contributed by atoms with Crippen LogP contribution in [0, 0.1) is 12.3 Å². The predicted octanol–water partition coefficient (Wildman–Crippen LogP) is 3.44. The van der Waals surface area contributed by atoms with E-state index in [9.17, 15) is 9.59 Å². The van der Waals surface area contributed by atoms with Gasteiger partial charge in [0.05, 0.1) is 28.8 Å². The molecule has 0 radical (unpaired) electrons. The maximum Gasteiger partial charge on any atom is 0.261 e. The van der Waals surface area contributed by atoms with Crippen LogP contribution in [0.25, 0.3) is 37.2 Å². The molecular formula is C24H23N7O2S. The molecule has 1 aliphatic rings. The van der Waals surface area contributed by atoms with Crippen molar-refractivity contribution in [3.05, 3.63) is 52.8 Å². The number of H-pyrrole nitrogens is 1. The second-order valence-corrected chi connectivity index (χ2v) is 10.7. The lowest BCUT2D eigenvalue weighted by molar-refractivity contribution is -0.120. The summed E-state index contributed by atoms with van der Waals surface area (Å²) in [6.07, 6.45) is 5.29. The van der Waals surface area contributed by atoms with Crippen LogP contribution in [0.3, 0.4) is 0 Å². The van der Waals surface area contributed by atoms with Crippen molar-refractivity contribution in [1.82, 2.24) is 29.5 Å². The molecule has 0 saturated carbocycles. The van der Waals surface area contributed by atoms with Gasteiger partial charge in [0.2, 0.25) is 5.91 Å². The summed E-state index contributed by atoms with van der Waals surface area (Å²) in [5, 5.41) is 8.07.